The van der Waals surface area contributed by atoms with Crippen LogP contribution >= 0.6 is 47.8 Å². The fraction of sp³-hybridized carbons (Fsp3) is 0.250. The molecule has 0 saturated carbocycles. The third kappa shape index (κ3) is 4.89. The van der Waals surface area contributed by atoms with Gasteiger partial charge in [-0.3, -0.25) is 0 Å². The molecule has 1 rings (SSSR count). The minimum Gasteiger partial charge on any atom is -0.225 e. The van der Waals surface area contributed by atoms with Crippen molar-refractivity contribution < 1.29 is 16.8 Å². The molecule has 0 saturated heterocycles. The fourth-order valence-electron chi connectivity index (χ4n) is 1.14. The lowest BCUT2D eigenvalue weighted by molar-refractivity contribution is 0.593. The summed E-state index contributed by atoms with van der Waals surface area (Å²) in [5.41, 5.74) is 0. The summed E-state index contributed by atoms with van der Waals surface area (Å²) in [5.74, 6) is -0.255. The molecule has 0 atom stereocenters. The van der Waals surface area contributed by atoms with E-state index in [1.807, 2.05) is 0 Å². The van der Waals surface area contributed by atoms with Crippen molar-refractivity contribution in [2.24, 2.45) is 5.14 Å². The van der Waals surface area contributed by atoms with Gasteiger partial charge in [0.15, 0.2) is 9.84 Å². The molecule has 5 nitrogen and oxygen atoms in total. The van der Waals surface area contributed by atoms with Crippen molar-refractivity contribution in [1.82, 2.24) is 0 Å². The quantitative estimate of drug-likeness (QED) is 0.662. The Hall–Kier alpha value is 0.520. The molecule has 0 aliphatic rings. The zero-order valence-electron chi connectivity index (χ0n) is 8.68. The van der Waals surface area contributed by atoms with E-state index < -0.39 is 22.0 Å². The van der Waals surface area contributed by atoms with E-state index in [0.29, 0.717) is 0 Å². The Balaban J connectivity index is 3.14. The average molecular weight is 486 g/mol. The lowest BCUT2D eigenvalue weighted by atomic mass is 10.4. The predicted octanol–water partition coefficient (Wildman–Crippen LogP) is 1.95. The van der Waals surface area contributed by atoms with Crippen LogP contribution in [0.25, 0.3) is 0 Å². The number of nitrogens with two attached hydrogens (primary N) is 1. The second-order valence-corrected chi connectivity index (χ2v) is 14.2. The van der Waals surface area contributed by atoms with Gasteiger partial charge in [0.25, 0.3) is 0 Å². The van der Waals surface area contributed by atoms with E-state index in [1.165, 1.54) is 12.1 Å². The number of sulfonamides is 1. The molecule has 2 N–H and O–H groups in total. The first kappa shape index (κ1) is 16.6. The van der Waals surface area contributed by atoms with Crippen LogP contribution in [0.15, 0.2) is 34.1 Å². The number of hydrogen-bond acceptors (Lipinski definition) is 4. The van der Waals surface area contributed by atoms with E-state index >= 15 is 0 Å². The summed E-state index contributed by atoms with van der Waals surface area (Å²) in [4.78, 5) is -0.123. The highest BCUT2D eigenvalue weighted by Gasteiger charge is 2.28. The summed E-state index contributed by atoms with van der Waals surface area (Å²) < 4.78 is 45.0. The minimum absolute atomic E-state index is 0.0117. The molecule has 102 valence electrons. The van der Waals surface area contributed by atoms with Crippen LogP contribution < -0.4 is 5.14 Å². The van der Waals surface area contributed by atoms with Gasteiger partial charge < -0.3 is 0 Å². The SMILES string of the molecule is NS(=O)(=O)c1ccc(S(=O)(=O)CC(Br)(Br)Br)cc1. The van der Waals surface area contributed by atoms with Crippen LogP contribution in [0.1, 0.15) is 0 Å². The van der Waals surface area contributed by atoms with E-state index in [-0.39, 0.29) is 15.5 Å². The number of halogens is 3. The molecule has 0 unspecified atom stereocenters. The summed E-state index contributed by atoms with van der Waals surface area (Å²) >= 11 is 9.29. The maximum atomic E-state index is 11.9. The van der Waals surface area contributed by atoms with Gasteiger partial charge in [-0.2, -0.15) is 0 Å². The molecule has 0 aliphatic heterocycles. The zero-order valence-corrected chi connectivity index (χ0v) is 15.1. The van der Waals surface area contributed by atoms with Crippen LogP contribution in [0, 0.1) is 0 Å². The first-order chi connectivity index (χ1) is 7.92. The number of benzene rings is 1. The molecule has 0 fully saturated rings. The molecule has 0 radical (unpaired) electrons. The van der Waals surface area contributed by atoms with Crippen molar-refractivity contribution in [3.05, 3.63) is 24.3 Å². The van der Waals surface area contributed by atoms with Gasteiger partial charge >= 0.3 is 0 Å². The molecule has 10 heteroatoms. The van der Waals surface area contributed by atoms with E-state index in [1.54, 1.807) is 0 Å². The molecule has 0 bridgehead atoms. The second kappa shape index (κ2) is 5.49. The van der Waals surface area contributed by atoms with Crippen LogP contribution in [0.3, 0.4) is 0 Å². The van der Waals surface area contributed by atoms with Crippen LogP contribution in [0.5, 0.6) is 0 Å². The van der Waals surface area contributed by atoms with Gasteiger partial charge in [0.2, 0.25) is 10.0 Å². The molecule has 1 aromatic carbocycles. The minimum atomic E-state index is -3.82. The first-order valence-electron chi connectivity index (χ1n) is 4.34. The van der Waals surface area contributed by atoms with Gasteiger partial charge in [-0.1, -0.05) is 47.8 Å². The Kier molecular flexibility index (Phi) is 5.05. The van der Waals surface area contributed by atoms with Gasteiger partial charge in [-0.05, 0) is 24.3 Å². The van der Waals surface area contributed by atoms with Crippen LogP contribution in [0.4, 0.5) is 0 Å². The molecule has 0 spiro atoms. The fourth-order valence-corrected chi connectivity index (χ4v) is 5.51. The van der Waals surface area contributed by atoms with Crippen LogP contribution in [-0.2, 0) is 19.9 Å². The Labute approximate surface area is 130 Å². The van der Waals surface area contributed by atoms with Gasteiger partial charge in [0, 0.05) is 0 Å². The van der Waals surface area contributed by atoms with E-state index in [0.717, 1.165) is 12.1 Å². The lowest BCUT2D eigenvalue weighted by Crippen LogP contribution is -2.18. The first-order valence-corrected chi connectivity index (χ1v) is 9.92. The molecule has 0 aliphatic carbocycles. The molecule has 0 aromatic heterocycles. The summed E-state index contributed by atoms with van der Waals surface area (Å²) in [6.45, 7) is 0. The third-order valence-electron chi connectivity index (χ3n) is 1.87. The summed E-state index contributed by atoms with van der Waals surface area (Å²) in [5, 5.41) is 4.92. The molecule has 18 heavy (non-hydrogen) atoms. The third-order valence-corrected chi connectivity index (χ3v) is 6.55. The number of sulfone groups is 1. The Morgan fingerprint density at radius 3 is 1.67 bits per heavy atom. The summed E-state index contributed by atoms with van der Waals surface area (Å²) in [7, 11) is -7.38. The standard InChI is InChI=1S/C8H8Br3NO4S2/c9-8(10,11)5-17(13,14)6-1-3-7(4-2-6)18(12,15)16/h1-4H,5H2,(H2,12,15,16). The largest absolute Gasteiger partial charge is 0.238 e. The van der Waals surface area contributed by atoms with Crippen molar-refractivity contribution in [2.75, 3.05) is 5.75 Å². The van der Waals surface area contributed by atoms with Crippen molar-refractivity contribution in [3.63, 3.8) is 0 Å². The number of rotatable bonds is 3. The van der Waals surface area contributed by atoms with Crippen molar-refractivity contribution in [2.45, 2.75) is 11.9 Å². The number of hydrogen-bond donors (Lipinski definition) is 1. The average Bonchev–Trinajstić information content (AvgIpc) is 2.13. The predicted molar refractivity (Wildman–Crippen MR) is 79.4 cm³/mol. The topological polar surface area (TPSA) is 94.3 Å². The molecule has 1 aromatic rings. The summed E-state index contributed by atoms with van der Waals surface area (Å²) in [6.07, 6.45) is 0. The maximum Gasteiger partial charge on any atom is 0.238 e. The zero-order chi connectivity index (χ0) is 14.2. The Bertz CT molecular complexity index is 632. The summed E-state index contributed by atoms with van der Waals surface area (Å²) in [6, 6.07) is 4.71. The molecule has 0 heterocycles. The smallest absolute Gasteiger partial charge is 0.225 e. The lowest BCUT2D eigenvalue weighted by Gasteiger charge is -2.12. The highest BCUT2D eigenvalue weighted by Crippen LogP contribution is 2.36. The highest BCUT2D eigenvalue weighted by atomic mass is 80.0. The van der Waals surface area contributed by atoms with Crippen molar-refractivity contribution >= 4 is 67.7 Å². The Morgan fingerprint density at radius 1 is 0.944 bits per heavy atom. The maximum absolute atomic E-state index is 11.9. The molecular formula is C8H8Br3NO4S2. The van der Waals surface area contributed by atoms with E-state index in [2.05, 4.69) is 47.8 Å². The van der Waals surface area contributed by atoms with Gasteiger partial charge in [0.1, 0.15) is 2.14 Å². The molecular weight excluding hydrogens is 478 g/mol. The van der Waals surface area contributed by atoms with Gasteiger partial charge in [0.05, 0.1) is 15.5 Å². The normalized spacial score (nSPS) is 13.6. The number of alkyl halides is 3. The number of primary sulfonamides is 1. The van der Waals surface area contributed by atoms with Gasteiger partial charge in [-0.15, -0.1) is 0 Å². The monoisotopic (exact) mass is 483 g/mol. The van der Waals surface area contributed by atoms with Crippen LogP contribution in [-0.4, -0.2) is 24.7 Å². The van der Waals surface area contributed by atoms with Gasteiger partial charge in [-0.25, -0.2) is 22.0 Å². The van der Waals surface area contributed by atoms with Crippen molar-refractivity contribution in [3.8, 4) is 0 Å². The second-order valence-electron chi connectivity index (χ2n) is 3.39. The Morgan fingerprint density at radius 2 is 1.33 bits per heavy atom. The van der Waals surface area contributed by atoms with Crippen LogP contribution in [0.2, 0.25) is 0 Å². The molecule has 0 amide bonds. The van der Waals surface area contributed by atoms with E-state index in [9.17, 15) is 16.8 Å². The highest BCUT2D eigenvalue weighted by molar-refractivity contribution is 9.39. The van der Waals surface area contributed by atoms with Crippen molar-refractivity contribution in [1.29, 1.82) is 0 Å². The van der Waals surface area contributed by atoms with E-state index in [4.69, 9.17) is 5.14 Å².